The van der Waals surface area contributed by atoms with Gasteiger partial charge in [0.2, 0.25) is 5.91 Å². The topological polar surface area (TPSA) is 48.0 Å². The molecule has 1 heterocycles. The summed E-state index contributed by atoms with van der Waals surface area (Å²) in [6.45, 7) is 5.89. The second-order valence-corrected chi connectivity index (χ2v) is 5.23. The van der Waals surface area contributed by atoms with Crippen LogP contribution < -0.4 is 5.73 Å². The molecule has 0 aliphatic rings. The molecule has 0 radical (unpaired) electrons. The van der Waals surface area contributed by atoms with Crippen LogP contribution >= 0.6 is 0 Å². The second-order valence-electron chi connectivity index (χ2n) is 5.23. The van der Waals surface area contributed by atoms with Gasteiger partial charge in [0, 0.05) is 24.5 Å². The van der Waals surface area contributed by atoms with Crippen molar-refractivity contribution in [3.63, 3.8) is 0 Å². The quantitative estimate of drug-likeness (QED) is 0.900. The van der Waals surface area contributed by atoms with Crippen LogP contribution in [0.5, 0.6) is 0 Å². The lowest BCUT2D eigenvalue weighted by Crippen LogP contribution is -2.12. The normalized spacial score (nSPS) is 13.2. The van der Waals surface area contributed by atoms with Gasteiger partial charge < -0.3 is 5.73 Å². The van der Waals surface area contributed by atoms with Crippen LogP contribution in [0.25, 0.3) is 10.9 Å². The van der Waals surface area contributed by atoms with E-state index in [1.807, 2.05) is 30.5 Å². The van der Waals surface area contributed by atoms with E-state index >= 15 is 0 Å². The molecular weight excluding hydrogens is 224 g/mol. The fraction of sp³-hybridized carbons (Fsp3) is 0.400. The second kappa shape index (κ2) is 4.94. The van der Waals surface area contributed by atoms with E-state index in [-0.39, 0.29) is 11.9 Å². The van der Waals surface area contributed by atoms with Crippen LogP contribution in [-0.4, -0.2) is 10.5 Å². The molecule has 0 aliphatic heterocycles. The third-order valence-corrected chi connectivity index (χ3v) is 3.21. The van der Waals surface area contributed by atoms with Gasteiger partial charge in [-0.25, -0.2) is 0 Å². The van der Waals surface area contributed by atoms with E-state index in [4.69, 9.17) is 5.73 Å². The van der Waals surface area contributed by atoms with Gasteiger partial charge in [0.25, 0.3) is 0 Å². The summed E-state index contributed by atoms with van der Waals surface area (Å²) in [5.74, 6) is 0.564. The number of benzene rings is 1. The van der Waals surface area contributed by atoms with E-state index in [0.717, 1.165) is 22.9 Å². The van der Waals surface area contributed by atoms with Gasteiger partial charge in [-0.1, -0.05) is 32.0 Å². The van der Waals surface area contributed by atoms with E-state index in [9.17, 15) is 4.79 Å². The predicted molar refractivity (Wildman–Crippen MR) is 74.6 cm³/mol. The third-order valence-electron chi connectivity index (χ3n) is 3.21. The van der Waals surface area contributed by atoms with Crippen molar-refractivity contribution in [1.29, 1.82) is 0 Å². The van der Waals surface area contributed by atoms with Gasteiger partial charge in [-0.15, -0.1) is 0 Å². The molecule has 0 amide bonds. The summed E-state index contributed by atoms with van der Waals surface area (Å²) in [7, 11) is 0. The van der Waals surface area contributed by atoms with Crippen LogP contribution in [0.1, 0.15) is 43.6 Å². The molecule has 2 aromatic rings. The number of nitrogens with two attached hydrogens (primary N) is 1. The minimum absolute atomic E-state index is 0.0181. The minimum atomic E-state index is -0.0181. The van der Waals surface area contributed by atoms with E-state index in [1.165, 1.54) is 0 Å². The van der Waals surface area contributed by atoms with Crippen molar-refractivity contribution in [2.24, 2.45) is 11.7 Å². The average molecular weight is 244 g/mol. The molecule has 0 saturated heterocycles. The van der Waals surface area contributed by atoms with E-state index in [0.29, 0.717) is 5.92 Å². The third kappa shape index (κ3) is 2.31. The summed E-state index contributed by atoms with van der Waals surface area (Å²) in [5, 5.41) is 1.08. The number of para-hydroxylation sites is 1. The van der Waals surface area contributed by atoms with Crippen LogP contribution in [-0.2, 0) is 0 Å². The lowest BCUT2D eigenvalue weighted by Gasteiger charge is -2.13. The van der Waals surface area contributed by atoms with Crippen molar-refractivity contribution in [1.82, 2.24) is 4.57 Å². The molecule has 3 heteroatoms. The van der Waals surface area contributed by atoms with Crippen LogP contribution in [0.15, 0.2) is 30.5 Å². The van der Waals surface area contributed by atoms with E-state index in [2.05, 4.69) is 13.8 Å². The number of rotatable bonds is 3. The van der Waals surface area contributed by atoms with Crippen LogP contribution in [0.4, 0.5) is 0 Å². The lowest BCUT2D eigenvalue weighted by molar-refractivity contribution is 0.0941. The summed E-state index contributed by atoms with van der Waals surface area (Å²) >= 11 is 0. The van der Waals surface area contributed by atoms with Gasteiger partial charge in [-0.3, -0.25) is 9.36 Å². The molecular formula is C15H20N2O. The molecule has 18 heavy (non-hydrogen) atoms. The van der Waals surface area contributed by atoms with Gasteiger partial charge in [0.15, 0.2) is 0 Å². The average Bonchev–Trinajstić information content (AvgIpc) is 2.67. The Balaban J connectivity index is 2.54. The minimum Gasteiger partial charge on any atom is -0.324 e. The number of carbonyl (C=O) groups excluding carboxylic acids is 1. The summed E-state index contributed by atoms with van der Waals surface area (Å²) in [5.41, 5.74) is 8.26. The Morgan fingerprint density at radius 2 is 2.00 bits per heavy atom. The zero-order chi connectivity index (χ0) is 13.3. The molecule has 0 saturated carbocycles. The van der Waals surface area contributed by atoms with Crippen LogP contribution in [0.3, 0.4) is 0 Å². The SMILES string of the molecule is CC(=O)n1cc([C@@H](N)CC(C)C)c2ccccc21. The van der Waals surface area contributed by atoms with Crippen LogP contribution in [0, 0.1) is 5.92 Å². The van der Waals surface area contributed by atoms with Gasteiger partial charge in [0.1, 0.15) is 0 Å². The van der Waals surface area contributed by atoms with E-state index in [1.54, 1.807) is 11.5 Å². The molecule has 1 aromatic carbocycles. The highest BCUT2D eigenvalue weighted by Crippen LogP contribution is 2.28. The number of fused-ring (bicyclic) bond motifs is 1. The highest BCUT2D eigenvalue weighted by atomic mass is 16.1. The first-order valence-corrected chi connectivity index (χ1v) is 6.37. The fourth-order valence-electron chi connectivity index (χ4n) is 2.40. The summed E-state index contributed by atoms with van der Waals surface area (Å²) in [6.07, 6.45) is 2.81. The molecule has 1 atom stereocenters. The Hall–Kier alpha value is -1.61. The van der Waals surface area contributed by atoms with Crippen molar-refractivity contribution in [2.75, 3.05) is 0 Å². The van der Waals surface area contributed by atoms with Crippen molar-refractivity contribution in [3.05, 3.63) is 36.0 Å². The highest BCUT2D eigenvalue weighted by Gasteiger charge is 2.16. The maximum atomic E-state index is 11.6. The number of carbonyl (C=O) groups is 1. The molecule has 0 aliphatic carbocycles. The molecule has 0 bridgehead atoms. The molecule has 0 spiro atoms. The largest absolute Gasteiger partial charge is 0.324 e. The van der Waals surface area contributed by atoms with Gasteiger partial charge in [-0.2, -0.15) is 0 Å². The Bertz CT molecular complexity index is 569. The molecule has 96 valence electrons. The standard InChI is InChI=1S/C15H20N2O/c1-10(2)8-14(16)13-9-17(11(3)18)15-7-5-4-6-12(13)15/h4-7,9-10,14H,8,16H2,1-3H3/t14-/m0/s1. The van der Waals surface area contributed by atoms with Crippen molar-refractivity contribution in [3.8, 4) is 0 Å². The Kier molecular flexibility index (Phi) is 3.53. The predicted octanol–water partition coefficient (Wildman–Crippen LogP) is 3.35. The van der Waals surface area contributed by atoms with Gasteiger partial charge in [0.05, 0.1) is 5.52 Å². The smallest absolute Gasteiger partial charge is 0.227 e. The fourth-order valence-corrected chi connectivity index (χ4v) is 2.40. The van der Waals surface area contributed by atoms with Crippen molar-refractivity contribution >= 4 is 16.8 Å². The zero-order valence-corrected chi connectivity index (χ0v) is 11.2. The number of hydrogen-bond donors (Lipinski definition) is 1. The molecule has 0 fully saturated rings. The number of hydrogen-bond acceptors (Lipinski definition) is 2. The molecule has 2 N–H and O–H groups in total. The summed E-state index contributed by atoms with van der Waals surface area (Å²) in [4.78, 5) is 11.6. The van der Waals surface area contributed by atoms with Crippen LogP contribution in [0.2, 0.25) is 0 Å². The highest BCUT2D eigenvalue weighted by molar-refractivity contribution is 5.93. The molecule has 2 rings (SSSR count). The maximum Gasteiger partial charge on any atom is 0.227 e. The zero-order valence-electron chi connectivity index (χ0n) is 11.2. The molecule has 1 aromatic heterocycles. The van der Waals surface area contributed by atoms with Gasteiger partial charge >= 0.3 is 0 Å². The Morgan fingerprint density at radius 1 is 1.33 bits per heavy atom. The number of aromatic nitrogens is 1. The first-order chi connectivity index (χ1) is 8.50. The van der Waals surface area contributed by atoms with E-state index < -0.39 is 0 Å². The maximum absolute atomic E-state index is 11.6. The van der Waals surface area contributed by atoms with Crippen molar-refractivity contribution in [2.45, 2.75) is 33.2 Å². The monoisotopic (exact) mass is 244 g/mol. The molecule has 0 unspecified atom stereocenters. The van der Waals surface area contributed by atoms with Gasteiger partial charge in [-0.05, 0) is 24.0 Å². The summed E-state index contributed by atoms with van der Waals surface area (Å²) in [6, 6.07) is 7.90. The first-order valence-electron chi connectivity index (χ1n) is 6.37. The first kappa shape index (κ1) is 12.8. The number of nitrogens with zero attached hydrogens (tertiary/aromatic N) is 1. The Morgan fingerprint density at radius 3 is 2.61 bits per heavy atom. The molecule has 3 nitrogen and oxygen atoms in total. The summed E-state index contributed by atoms with van der Waals surface area (Å²) < 4.78 is 1.69. The van der Waals surface area contributed by atoms with Crippen molar-refractivity contribution < 1.29 is 4.79 Å². The Labute approximate surface area is 108 Å². The lowest BCUT2D eigenvalue weighted by atomic mass is 9.97.